The molecular weight excluding hydrogens is 248 g/mol. The van der Waals surface area contributed by atoms with E-state index in [0.29, 0.717) is 10.6 Å². The van der Waals surface area contributed by atoms with Crippen molar-refractivity contribution in [2.75, 3.05) is 11.9 Å². The number of hydrogen-bond donors (Lipinski definition) is 1. The molecule has 0 saturated carbocycles. The Morgan fingerprint density at radius 2 is 2.11 bits per heavy atom. The molecule has 0 atom stereocenters. The largest absolute Gasteiger partial charge is 0.472 e. The van der Waals surface area contributed by atoms with Crippen molar-refractivity contribution in [2.45, 2.75) is 0 Å². The SMILES string of the molecule is CN(C(=O)c1ccoc1)c1cccc(C(N)=S)c1. The van der Waals surface area contributed by atoms with E-state index in [1.54, 1.807) is 19.2 Å². The van der Waals surface area contributed by atoms with Crippen molar-refractivity contribution in [3.63, 3.8) is 0 Å². The molecule has 0 saturated heterocycles. The minimum Gasteiger partial charge on any atom is -0.472 e. The number of nitrogens with zero attached hydrogens (tertiary/aromatic N) is 1. The summed E-state index contributed by atoms with van der Waals surface area (Å²) >= 11 is 4.91. The molecule has 18 heavy (non-hydrogen) atoms. The third-order valence-corrected chi connectivity index (χ3v) is 2.83. The molecule has 0 fully saturated rings. The van der Waals surface area contributed by atoms with Crippen LogP contribution >= 0.6 is 12.2 Å². The highest BCUT2D eigenvalue weighted by molar-refractivity contribution is 7.80. The van der Waals surface area contributed by atoms with Crippen LogP contribution in [0.15, 0.2) is 47.3 Å². The molecule has 1 aromatic carbocycles. The number of anilines is 1. The van der Waals surface area contributed by atoms with E-state index < -0.39 is 0 Å². The predicted octanol–water partition coefficient (Wildman–Crippen LogP) is 2.19. The third-order valence-electron chi connectivity index (χ3n) is 2.59. The van der Waals surface area contributed by atoms with Gasteiger partial charge in [-0.2, -0.15) is 0 Å². The van der Waals surface area contributed by atoms with Gasteiger partial charge in [-0.15, -0.1) is 0 Å². The molecule has 2 aromatic rings. The van der Waals surface area contributed by atoms with Crippen LogP contribution in [0.4, 0.5) is 5.69 Å². The Morgan fingerprint density at radius 1 is 1.33 bits per heavy atom. The summed E-state index contributed by atoms with van der Waals surface area (Å²) in [4.78, 5) is 13.9. The Kier molecular flexibility index (Phi) is 3.43. The van der Waals surface area contributed by atoms with Crippen LogP contribution in [0.25, 0.3) is 0 Å². The smallest absolute Gasteiger partial charge is 0.261 e. The van der Waals surface area contributed by atoms with Crippen LogP contribution in [0.5, 0.6) is 0 Å². The molecule has 2 rings (SSSR count). The summed E-state index contributed by atoms with van der Waals surface area (Å²) in [5, 5.41) is 0. The predicted molar refractivity (Wildman–Crippen MR) is 73.8 cm³/mol. The summed E-state index contributed by atoms with van der Waals surface area (Å²) < 4.78 is 4.90. The maximum atomic E-state index is 12.1. The first-order chi connectivity index (χ1) is 8.59. The summed E-state index contributed by atoms with van der Waals surface area (Å²) in [5.74, 6) is -0.149. The van der Waals surface area contributed by atoms with Crippen molar-refractivity contribution >= 4 is 28.8 Å². The van der Waals surface area contributed by atoms with Crippen LogP contribution in [0, 0.1) is 0 Å². The molecule has 0 aliphatic carbocycles. The van der Waals surface area contributed by atoms with Crippen molar-refractivity contribution in [3.05, 3.63) is 54.0 Å². The lowest BCUT2D eigenvalue weighted by molar-refractivity contribution is 0.0992. The van der Waals surface area contributed by atoms with Gasteiger partial charge >= 0.3 is 0 Å². The van der Waals surface area contributed by atoms with Crippen LogP contribution in [-0.2, 0) is 0 Å². The van der Waals surface area contributed by atoms with E-state index in [1.807, 2.05) is 18.2 Å². The Balaban J connectivity index is 2.29. The number of thiocarbonyl (C=S) groups is 1. The summed E-state index contributed by atoms with van der Waals surface area (Å²) in [6.07, 6.45) is 2.88. The summed E-state index contributed by atoms with van der Waals surface area (Å²) in [6, 6.07) is 8.83. The highest BCUT2D eigenvalue weighted by Gasteiger charge is 2.14. The van der Waals surface area contributed by atoms with Gasteiger partial charge in [-0.1, -0.05) is 24.4 Å². The first-order valence-electron chi connectivity index (χ1n) is 5.29. The van der Waals surface area contributed by atoms with Gasteiger partial charge in [0, 0.05) is 18.3 Å². The topological polar surface area (TPSA) is 59.5 Å². The lowest BCUT2D eigenvalue weighted by Crippen LogP contribution is -2.26. The van der Waals surface area contributed by atoms with Crippen molar-refractivity contribution < 1.29 is 9.21 Å². The van der Waals surface area contributed by atoms with Gasteiger partial charge in [0.15, 0.2) is 0 Å². The zero-order valence-corrected chi connectivity index (χ0v) is 10.6. The molecule has 0 aliphatic heterocycles. The molecule has 0 bridgehead atoms. The first-order valence-corrected chi connectivity index (χ1v) is 5.70. The molecule has 2 N–H and O–H groups in total. The number of carbonyl (C=O) groups excluding carboxylic acids is 1. The number of carbonyl (C=O) groups is 1. The van der Waals surface area contributed by atoms with Crippen LogP contribution < -0.4 is 10.6 Å². The van der Waals surface area contributed by atoms with E-state index in [-0.39, 0.29) is 5.91 Å². The first kappa shape index (κ1) is 12.3. The van der Waals surface area contributed by atoms with E-state index in [0.717, 1.165) is 11.3 Å². The molecule has 1 heterocycles. The second-order valence-corrected chi connectivity index (χ2v) is 4.23. The lowest BCUT2D eigenvalue weighted by atomic mass is 10.2. The molecule has 1 amide bonds. The number of hydrogen-bond acceptors (Lipinski definition) is 3. The standard InChI is InChI=1S/C13H12N2O2S/c1-15(13(16)10-5-6-17-8-10)11-4-2-3-9(7-11)12(14)18/h2-8H,1H3,(H2,14,18). The lowest BCUT2D eigenvalue weighted by Gasteiger charge is -2.17. The quantitative estimate of drug-likeness (QED) is 0.859. The molecule has 4 nitrogen and oxygen atoms in total. The fourth-order valence-electron chi connectivity index (χ4n) is 1.56. The second kappa shape index (κ2) is 5.01. The Morgan fingerprint density at radius 3 is 2.72 bits per heavy atom. The van der Waals surface area contributed by atoms with Crippen molar-refractivity contribution in [2.24, 2.45) is 5.73 Å². The van der Waals surface area contributed by atoms with Crippen molar-refractivity contribution in [1.82, 2.24) is 0 Å². The van der Waals surface area contributed by atoms with E-state index >= 15 is 0 Å². The van der Waals surface area contributed by atoms with Gasteiger partial charge in [0.05, 0.1) is 11.8 Å². The summed E-state index contributed by atoms with van der Waals surface area (Å²) in [5.41, 5.74) is 7.52. The van der Waals surface area contributed by atoms with Gasteiger partial charge in [0.1, 0.15) is 11.3 Å². The van der Waals surface area contributed by atoms with Gasteiger partial charge in [-0.25, -0.2) is 0 Å². The van der Waals surface area contributed by atoms with Gasteiger partial charge in [0.2, 0.25) is 0 Å². The van der Waals surface area contributed by atoms with Crippen LogP contribution in [0.1, 0.15) is 15.9 Å². The normalized spacial score (nSPS) is 10.1. The van der Waals surface area contributed by atoms with Gasteiger partial charge in [0.25, 0.3) is 5.91 Å². The average molecular weight is 260 g/mol. The third kappa shape index (κ3) is 2.41. The van der Waals surface area contributed by atoms with Gasteiger partial charge in [-0.05, 0) is 18.2 Å². The number of rotatable bonds is 3. The zero-order valence-electron chi connectivity index (χ0n) is 9.79. The van der Waals surface area contributed by atoms with Gasteiger partial charge < -0.3 is 15.1 Å². The number of nitrogens with two attached hydrogens (primary N) is 1. The van der Waals surface area contributed by atoms with E-state index in [2.05, 4.69) is 0 Å². The Bertz CT molecular complexity index is 578. The minimum absolute atomic E-state index is 0.149. The van der Waals surface area contributed by atoms with E-state index in [1.165, 1.54) is 17.4 Å². The molecule has 0 unspecified atom stereocenters. The fourth-order valence-corrected chi connectivity index (χ4v) is 1.69. The van der Waals surface area contributed by atoms with Crippen LogP contribution in [0.2, 0.25) is 0 Å². The maximum Gasteiger partial charge on any atom is 0.261 e. The molecule has 5 heteroatoms. The number of furan rings is 1. The fraction of sp³-hybridized carbons (Fsp3) is 0.0769. The molecule has 0 aliphatic rings. The monoisotopic (exact) mass is 260 g/mol. The molecular formula is C13H12N2O2S. The molecule has 0 spiro atoms. The highest BCUT2D eigenvalue weighted by Crippen LogP contribution is 2.17. The van der Waals surface area contributed by atoms with Crippen molar-refractivity contribution in [1.29, 1.82) is 0 Å². The zero-order chi connectivity index (χ0) is 13.1. The molecule has 0 radical (unpaired) electrons. The second-order valence-electron chi connectivity index (χ2n) is 3.79. The minimum atomic E-state index is -0.149. The van der Waals surface area contributed by atoms with E-state index in [9.17, 15) is 4.79 Å². The average Bonchev–Trinajstić information content (AvgIpc) is 2.91. The Hall–Kier alpha value is -2.14. The van der Waals surface area contributed by atoms with E-state index in [4.69, 9.17) is 22.4 Å². The molecule has 1 aromatic heterocycles. The number of amides is 1. The summed E-state index contributed by atoms with van der Waals surface area (Å²) in [7, 11) is 1.69. The van der Waals surface area contributed by atoms with Crippen LogP contribution in [0.3, 0.4) is 0 Å². The molecule has 92 valence electrons. The van der Waals surface area contributed by atoms with Crippen molar-refractivity contribution in [3.8, 4) is 0 Å². The summed E-state index contributed by atoms with van der Waals surface area (Å²) in [6.45, 7) is 0. The Labute approximate surface area is 110 Å². The van der Waals surface area contributed by atoms with Crippen LogP contribution in [-0.4, -0.2) is 17.9 Å². The highest BCUT2D eigenvalue weighted by atomic mass is 32.1. The maximum absolute atomic E-state index is 12.1. The van der Waals surface area contributed by atoms with Gasteiger partial charge in [-0.3, -0.25) is 4.79 Å². The number of benzene rings is 1.